The van der Waals surface area contributed by atoms with E-state index in [-0.39, 0.29) is 11.9 Å². The zero-order chi connectivity index (χ0) is 17.2. The summed E-state index contributed by atoms with van der Waals surface area (Å²) in [5.74, 6) is 0.511. The van der Waals surface area contributed by atoms with E-state index in [9.17, 15) is 4.39 Å². The molecule has 0 spiro atoms. The van der Waals surface area contributed by atoms with Gasteiger partial charge in [-0.2, -0.15) is 0 Å². The van der Waals surface area contributed by atoms with Crippen LogP contribution >= 0.6 is 0 Å². The summed E-state index contributed by atoms with van der Waals surface area (Å²) in [4.78, 5) is 6.57. The molecule has 0 saturated carbocycles. The summed E-state index contributed by atoms with van der Waals surface area (Å²) >= 11 is 0. The number of nitrogens with one attached hydrogen (secondary N) is 2. The van der Waals surface area contributed by atoms with E-state index in [0.717, 1.165) is 37.8 Å². The minimum Gasteiger partial charge on any atom is -0.383 e. The fraction of sp³-hybridized carbons (Fsp3) is 0.588. The number of aliphatic imine (C=N–C) groups is 1. The zero-order valence-electron chi connectivity index (χ0n) is 14.4. The number of hydrogen-bond acceptors (Lipinski definition) is 4. The standard InChI is InChI=1S/C17H27FN4O2/c1-19-17(20-7-10-23-2)21-13-16(22-8-11-24-12-9-22)14-3-5-15(18)6-4-14/h3-6,16H,7-13H2,1-2H3,(H2,19,20,21). The number of nitrogens with zero attached hydrogens (tertiary/aromatic N) is 2. The van der Waals surface area contributed by atoms with Crippen LogP contribution in [0.3, 0.4) is 0 Å². The first-order valence-corrected chi connectivity index (χ1v) is 8.25. The van der Waals surface area contributed by atoms with Gasteiger partial charge in [0, 0.05) is 40.3 Å². The van der Waals surface area contributed by atoms with Crippen molar-refractivity contribution in [1.29, 1.82) is 0 Å². The molecule has 1 fully saturated rings. The largest absolute Gasteiger partial charge is 0.383 e. The van der Waals surface area contributed by atoms with Gasteiger partial charge in [-0.1, -0.05) is 12.1 Å². The van der Waals surface area contributed by atoms with E-state index in [1.54, 1.807) is 14.2 Å². The topological polar surface area (TPSA) is 58.1 Å². The fourth-order valence-corrected chi connectivity index (χ4v) is 2.72. The molecule has 24 heavy (non-hydrogen) atoms. The second kappa shape index (κ2) is 10.2. The Kier molecular flexibility index (Phi) is 7.94. The van der Waals surface area contributed by atoms with Crippen molar-refractivity contribution >= 4 is 5.96 Å². The molecule has 1 unspecified atom stereocenters. The molecule has 0 aromatic heterocycles. The van der Waals surface area contributed by atoms with Gasteiger partial charge in [-0.05, 0) is 17.7 Å². The van der Waals surface area contributed by atoms with Gasteiger partial charge in [-0.15, -0.1) is 0 Å². The monoisotopic (exact) mass is 338 g/mol. The van der Waals surface area contributed by atoms with Crippen molar-refractivity contribution in [3.8, 4) is 0 Å². The molecule has 1 aromatic carbocycles. The Morgan fingerprint density at radius 1 is 1.29 bits per heavy atom. The molecule has 1 aliphatic heterocycles. The molecule has 2 rings (SSSR count). The molecule has 1 heterocycles. The lowest BCUT2D eigenvalue weighted by molar-refractivity contribution is 0.0170. The van der Waals surface area contributed by atoms with Crippen molar-refractivity contribution in [2.45, 2.75) is 6.04 Å². The smallest absolute Gasteiger partial charge is 0.191 e. The van der Waals surface area contributed by atoms with Crippen LogP contribution in [0, 0.1) is 5.82 Å². The second-order valence-corrected chi connectivity index (χ2v) is 5.59. The average Bonchev–Trinajstić information content (AvgIpc) is 2.63. The second-order valence-electron chi connectivity index (χ2n) is 5.59. The summed E-state index contributed by atoms with van der Waals surface area (Å²) < 4.78 is 23.7. The van der Waals surface area contributed by atoms with Gasteiger partial charge in [-0.3, -0.25) is 9.89 Å². The van der Waals surface area contributed by atoms with E-state index in [1.165, 1.54) is 12.1 Å². The van der Waals surface area contributed by atoms with Gasteiger partial charge in [0.05, 0.1) is 25.9 Å². The number of benzene rings is 1. The highest BCUT2D eigenvalue weighted by molar-refractivity contribution is 5.79. The summed E-state index contributed by atoms with van der Waals surface area (Å²) in [5.41, 5.74) is 1.08. The summed E-state index contributed by atoms with van der Waals surface area (Å²) in [6.07, 6.45) is 0. The van der Waals surface area contributed by atoms with E-state index in [0.29, 0.717) is 19.7 Å². The lowest BCUT2D eigenvalue weighted by atomic mass is 10.0. The summed E-state index contributed by atoms with van der Waals surface area (Å²) in [7, 11) is 3.41. The molecule has 0 aliphatic carbocycles. The SMILES string of the molecule is CN=C(NCCOC)NCC(c1ccc(F)cc1)N1CCOCC1. The molecular formula is C17H27FN4O2. The molecule has 1 aromatic rings. The maximum Gasteiger partial charge on any atom is 0.191 e. The Balaban J connectivity index is 2.01. The first kappa shape index (κ1) is 18.6. The van der Waals surface area contributed by atoms with Crippen LogP contribution in [0.5, 0.6) is 0 Å². The zero-order valence-corrected chi connectivity index (χ0v) is 14.4. The van der Waals surface area contributed by atoms with Crippen molar-refractivity contribution < 1.29 is 13.9 Å². The normalized spacial score (nSPS) is 17.5. The third kappa shape index (κ3) is 5.74. The van der Waals surface area contributed by atoms with Crippen molar-refractivity contribution in [2.75, 3.05) is 60.2 Å². The van der Waals surface area contributed by atoms with Crippen LogP contribution in [0.15, 0.2) is 29.3 Å². The molecule has 134 valence electrons. The van der Waals surface area contributed by atoms with Gasteiger partial charge in [0.2, 0.25) is 0 Å². The average molecular weight is 338 g/mol. The third-order valence-electron chi connectivity index (χ3n) is 4.03. The lowest BCUT2D eigenvalue weighted by Crippen LogP contribution is -2.46. The highest BCUT2D eigenvalue weighted by Crippen LogP contribution is 2.21. The molecule has 0 bridgehead atoms. The molecule has 2 N–H and O–H groups in total. The number of morpholine rings is 1. The van der Waals surface area contributed by atoms with Gasteiger partial charge in [0.25, 0.3) is 0 Å². The minimum absolute atomic E-state index is 0.135. The van der Waals surface area contributed by atoms with E-state index in [2.05, 4.69) is 20.5 Å². The lowest BCUT2D eigenvalue weighted by Gasteiger charge is -2.35. The van der Waals surface area contributed by atoms with Crippen LogP contribution in [0.1, 0.15) is 11.6 Å². The Morgan fingerprint density at radius 3 is 2.62 bits per heavy atom. The van der Waals surface area contributed by atoms with Crippen LogP contribution in [-0.4, -0.2) is 71.0 Å². The van der Waals surface area contributed by atoms with Gasteiger partial charge in [0.1, 0.15) is 5.82 Å². The number of methoxy groups -OCH3 is 1. The van der Waals surface area contributed by atoms with Crippen LogP contribution in [-0.2, 0) is 9.47 Å². The van der Waals surface area contributed by atoms with Crippen LogP contribution < -0.4 is 10.6 Å². The molecule has 0 radical (unpaired) electrons. The summed E-state index contributed by atoms with van der Waals surface area (Å²) in [6.45, 7) is 5.15. The van der Waals surface area contributed by atoms with Gasteiger partial charge < -0.3 is 20.1 Å². The first-order valence-electron chi connectivity index (χ1n) is 8.25. The number of guanidine groups is 1. The van der Waals surface area contributed by atoms with Gasteiger partial charge in [-0.25, -0.2) is 4.39 Å². The van der Waals surface area contributed by atoms with Crippen LogP contribution in [0.25, 0.3) is 0 Å². The van der Waals surface area contributed by atoms with Gasteiger partial charge >= 0.3 is 0 Å². The molecule has 1 saturated heterocycles. The van der Waals surface area contributed by atoms with Crippen LogP contribution in [0.4, 0.5) is 4.39 Å². The maximum absolute atomic E-state index is 13.2. The minimum atomic E-state index is -0.218. The molecule has 1 atom stereocenters. The predicted molar refractivity (Wildman–Crippen MR) is 92.8 cm³/mol. The highest BCUT2D eigenvalue weighted by Gasteiger charge is 2.22. The summed E-state index contributed by atoms with van der Waals surface area (Å²) in [5, 5.41) is 6.55. The number of halogens is 1. The van der Waals surface area contributed by atoms with E-state index >= 15 is 0 Å². The van der Waals surface area contributed by atoms with Gasteiger partial charge in [0.15, 0.2) is 5.96 Å². The predicted octanol–water partition coefficient (Wildman–Crippen LogP) is 1.01. The van der Waals surface area contributed by atoms with Crippen LogP contribution in [0.2, 0.25) is 0 Å². The Bertz CT molecular complexity index is 504. The Hall–Kier alpha value is -1.70. The van der Waals surface area contributed by atoms with E-state index in [1.807, 2.05) is 12.1 Å². The quantitative estimate of drug-likeness (QED) is 0.441. The molecule has 1 aliphatic rings. The third-order valence-corrected chi connectivity index (χ3v) is 4.03. The fourth-order valence-electron chi connectivity index (χ4n) is 2.72. The molecule has 0 amide bonds. The number of ether oxygens (including phenoxy) is 2. The van der Waals surface area contributed by atoms with E-state index in [4.69, 9.17) is 9.47 Å². The van der Waals surface area contributed by atoms with Crippen molar-refractivity contribution in [2.24, 2.45) is 4.99 Å². The number of rotatable bonds is 7. The highest BCUT2D eigenvalue weighted by atomic mass is 19.1. The van der Waals surface area contributed by atoms with E-state index < -0.39 is 0 Å². The van der Waals surface area contributed by atoms with Crippen molar-refractivity contribution in [3.05, 3.63) is 35.6 Å². The summed E-state index contributed by atoms with van der Waals surface area (Å²) in [6, 6.07) is 6.84. The molecule has 7 heteroatoms. The Morgan fingerprint density at radius 2 is 2.00 bits per heavy atom. The number of hydrogen-bond donors (Lipinski definition) is 2. The van der Waals surface area contributed by atoms with Crippen molar-refractivity contribution in [1.82, 2.24) is 15.5 Å². The van der Waals surface area contributed by atoms with Crippen molar-refractivity contribution in [3.63, 3.8) is 0 Å². The maximum atomic E-state index is 13.2. The molecular weight excluding hydrogens is 311 g/mol. The first-order chi connectivity index (χ1) is 11.7. The molecule has 6 nitrogen and oxygen atoms in total. The Labute approximate surface area is 143 Å².